The van der Waals surface area contributed by atoms with Crippen molar-refractivity contribution in [1.29, 1.82) is 0 Å². The molecule has 1 rings (SSSR count). The average Bonchev–Trinajstić information content (AvgIpc) is 2.17. The SMILES string of the molecule is C=CCN(C)c1ncc(F)cc1C(=O)O. The van der Waals surface area contributed by atoms with E-state index < -0.39 is 11.8 Å². The molecule has 0 aliphatic carbocycles. The first-order valence-electron chi connectivity index (χ1n) is 4.27. The van der Waals surface area contributed by atoms with Crippen LogP contribution in [0, 0.1) is 5.82 Å². The van der Waals surface area contributed by atoms with E-state index in [1.807, 2.05) is 0 Å². The summed E-state index contributed by atoms with van der Waals surface area (Å²) in [6, 6.07) is 0.949. The van der Waals surface area contributed by atoms with Gasteiger partial charge >= 0.3 is 5.97 Å². The van der Waals surface area contributed by atoms with Crippen LogP contribution in [-0.4, -0.2) is 29.7 Å². The molecule has 1 N–H and O–H groups in total. The molecule has 1 heterocycles. The van der Waals surface area contributed by atoms with Crippen LogP contribution in [0.3, 0.4) is 0 Å². The van der Waals surface area contributed by atoms with Crippen LogP contribution >= 0.6 is 0 Å². The normalized spacial score (nSPS) is 9.73. The molecule has 0 aromatic carbocycles. The quantitative estimate of drug-likeness (QED) is 0.766. The van der Waals surface area contributed by atoms with Gasteiger partial charge in [0.15, 0.2) is 0 Å². The maximum atomic E-state index is 12.8. The third-order valence-corrected chi connectivity index (χ3v) is 1.83. The predicted octanol–water partition coefficient (Wildman–Crippen LogP) is 1.54. The molecule has 80 valence electrons. The summed E-state index contributed by atoms with van der Waals surface area (Å²) in [7, 11) is 1.66. The molecule has 0 aliphatic heterocycles. The van der Waals surface area contributed by atoms with Gasteiger partial charge in [-0.15, -0.1) is 6.58 Å². The minimum absolute atomic E-state index is 0.153. The standard InChI is InChI=1S/C10H11FN2O2/c1-3-4-13(2)9-8(10(14)15)5-7(11)6-12-9/h3,5-6H,1,4H2,2H3,(H,14,15). The van der Waals surface area contributed by atoms with E-state index in [4.69, 9.17) is 5.11 Å². The molecule has 0 saturated heterocycles. The van der Waals surface area contributed by atoms with Crippen LogP contribution < -0.4 is 4.90 Å². The van der Waals surface area contributed by atoms with Gasteiger partial charge in [-0.1, -0.05) is 6.08 Å². The highest BCUT2D eigenvalue weighted by molar-refractivity contribution is 5.93. The lowest BCUT2D eigenvalue weighted by atomic mass is 10.2. The summed E-state index contributed by atoms with van der Waals surface area (Å²) >= 11 is 0. The summed E-state index contributed by atoms with van der Waals surface area (Å²) < 4.78 is 12.8. The number of carboxylic acids is 1. The summed E-state index contributed by atoms with van der Waals surface area (Å²) in [4.78, 5) is 16.1. The summed E-state index contributed by atoms with van der Waals surface area (Å²) in [5.74, 6) is -1.64. The van der Waals surface area contributed by atoms with Gasteiger partial charge in [-0.25, -0.2) is 14.2 Å². The van der Waals surface area contributed by atoms with Crippen molar-refractivity contribution in [2.45, 2.75) is 0 Å². The first kappa shape index (κ1) is 11.2. The van der Waals surface area contributed by atoms with Crippen molar-refractivity contribution in [2.75, 3.05) is 18.5 Å². The Morgan fingerprint density at radius 1 is 1.80 bits per heavy atom. The van der Waals surface area contributed by atoms with Crippen molar-refractivity contribution in [3.8, 4) is 0 Å². The summed E-state index contributed by atoms with van der Waals surface area (Å²) in [5, 5.41) is 8.85. The predicted molar refractivity (Wildman–Crippen MR) is 54.6 cm³/mol. The van der Waals surface area contributed by atoms with Crippen molar-refractivity contribution < 1.29 is 14.3 Å². The molecule has 0 spiro atoms. The maximum absolute atomic E-state index is 12.8. The topological polar surface area (TPSA) is 53.4 Å². The Morgan fingerprint density at radius 3 is 3.00 bits per heavy atom. The third kappa shape index (κ3) is 2.52. The molecule has 0 fully saturated rings. The zero-order valence-electron chi connectivity index (χ0n) is 8.27. The number of carboxylic acid groups (broad SMARTS) is 1. The fourth-order valence-electron chi connectivity index (χ4n) is 1.17. The number of pyridine rings is 1. The van der Waals surface area contributed by atoms with Gasteiger partial charge in [0, 0.05) is 13.6 Å². The number of anilines is 1. The molecular formula is C10H11FN2O2. The number of hydrogen-bond donors (Lipinski definition) is 1. The molecule has 0 saturated carbocycles. The number of aromatic nitrogens is 1. The lowest BCUT2D eigenvalue weighted by Crippen LogP contribution is -2.21. The number of halogens is 1. The van der Waals surface area contributed by atoms with E-state index in [0.717, 1.165) is 12.3 Å². The molecule has 15 heavy (non-hydrogen) atoms. The Kier molecular flexibility index (Phi) is 3.38. The summed E-state index contributed by atoms with van der Waals surface area (Å²) in [6.45, 7) is 3.97. The van der Waals surface area contributed by atoms with Crippen LogP contribution in [0.1, 0.15) is 10.4 Å². The van der Waals surface area contributed by atoms with Crippen molar-refractivity contribution in [1.82, 2.24) is 4.98 Å². The number of nitrogens with zero attached hydrogens (tertiary/aromatic N) is 2. The van der Waals surface area contributed by atoms with Gasteiger partial charge in [0.1, 0.15) is 17.2 Å². The van der Waals surface area contributed by atoms with Gasteiger partial charge < -0.3 is 10.0 Å². The Balaban J connectivity index is 3.16. The first-order chi connectivity index (χ1) is 7.06. The fraction of sp³-hybridized carbons (Fsp3) is 0.200. The Hall–Kier alpha value is -1.91. The van der Waals surface area contributed by atoms with E-state index in [2.05, 4.69) is 11.6 Å². The molecule has 0 amide bonds. The van der Waals surface area contributed by atoms with Crippen molar-refractivity contribution >= 4 is 11.8 Å². The van der Waals surface area contributed by atoms with Gasteiger partial charge in [-0.05, 0) is 6.07 Å². The first-order valence-corrected chi connectivity index (χ1v) is 4.27. The van der Waals surface area contributed by atoms with Crippen molar-refractivity contribution in [3.63, 3.8) is 0 Å². The van der Waals surface area contributed by atoms with Crippen molar-refractivity contribution in [3.05, 3.63) is 36.3 Å². The number of aromatic carboxylic acids is 1. The molecule has 1 aromatic heterocycles. The lowest BCUT2D eigenvalue weighted by Gasteiger charge is -2.17. The molecule has 0 radical (unpaired) electrons. The minimum atomic E-state index is -1.20. The molecule has 0 aliphatic rings. The molecule has 5 heteroatoms. The van der Waals surface area contributed by atoms with Crippen LogP contribution in [0.4, 0.5) is 10.2 Å². The van der Waals surface area contributed by atoms with E-state index in [-0.39, 0.29) is 11.4 Å². The number of rotatable bonds is 4. The highest BCUT2D eigenvalue weighted by Gasteiger charge is 2.15. The van der Waals surface area contributed by atoms with E-state index in [1.54, 1.807) is 18.0 Å². The zero-order valence-corrected chi connectivity index (χ0v) is 8.27. The second-order valence-corrected chi connectivity index (χ2v) is 3.00. The van der Waals surface area contributed by atoms with Gasteiger partial charge in [0.25, 0.3) is 0 Å². The zero-order chi connectivity index (χ0) is 11.4. The molecule has 1 aromatic rings. The largest absolute Gasteiger partial charge is 0.478 e. The van der Waals surface area contributed by atoms with E-state index >= 15 is 0 Å². The average molecular weight is 210 g/mol. The number of likely N-dealkylation sites (N-methyl/N-ethyl adjacent to an activating group) is 1. The van der Waals surface area contributed by atoms with Crippen LogP contribution in [0.15, 0.2) is 24.9 Å². The molecular weight excluding hydrogens is 199 g/mol. The molecule has 4 nitrogen and oxygen atoms in total. The Bertz CT molecular complexity index is 393. The smallest absolute Gasteiger partial charge is 0.339 e. The van der Waals surface area contributed by atoms with Crippen LogP contribution in [0.25, 0.3) is 0 Å². The maximum Gasteiger partial charge on any atom is 0.339 e. The van der Waals surface area contributed by atoms with Crippen LogP contribution in [0.5, 0.6) is 0 Å². The highest BCUT2D eigenvalue weighted by atomic mass is 19.1. The minimum Gasteiger partial charge on any atom is -0.478 e. The van der Waals surface area contributed by atoms with Crippen molar-refractivity contribution in [2.24, 2.45) is 0 Å². The second-order valence-electron chi connectivity index (χ2n) is 3.00. The van der Waals surface area contributed by atoms with E-state index in [1.165, 1.54) is 0 Å². The highest BCUT2D eigenvalue weighted by Crippen LogP contribution is 2.17. The van der Waals surface area contributed by atoms with Gasteiger partial charge in [-0.3, -0.25) is 0 Å². The molecule has 0 atom stereocenters. The third-order valence-electron chi connectivity index (χ3n) is 1.83. The number of hydrogen-bond acceptors (Lipinski definition) is 3. The van der Waals surface area contributed by atoms with Gasteiger partial charge in [-0.2, -0.15) is 0 Å². The summed E-state index contributed by atoms with van der Waals surface area (Å²) in [6.07, 6.45) is 2.60. The van der Waals surface area contributed by atoms with Crippen LogP contribution in [0.2, 0.25) is 0 Å². The number of carbonyl (C=O) groups is 1. The molecule has 0 unspecified atom stereocenters. The Morgan fingerprint density at radius 2 is 2.47 bits per heavy atom. The Labute approximate surface area is 86.7 Å². The van der Waals surface area contributed by atoms with E-state index in [0.29, 0.717) is 6.54 Å². The second kappa shape index (κ2) is 4.54. The summed E-state index contributed by atoms with van der Waals surface area (Å²) in [5.41, 5.74) is -0.153. The fourth-order valence-corrected chi connectivity index (χ4v) is 1.17. The van der Waals surface area contributed by atoms with Gasteiger partial charge in [0.05, 0.1) is 6.20 Å². The molecule has 0 bridgehead atoms. The lowest BCUT2D eigenvalue weighted by molar-refractivity contribution is 0.0696. The monoisotopic (exact) mass is 210 g/mol. The van der Waals surface area contributed by atoms with Gasteiger partial charge in [0.2, 0.25) is 0 Å². The van der Waals surface area contributed by atoms with Crippen LogP contribution in [-0.2, 0) is 0 Å². The van der Waals surface area contributed by atoms with E-state index in [9.17, 15) is 9.18 Å².